The molecule has 3 aromatic rings. The fourth-order valence-electron chi connectivity index (χ4n) is 3.37. The van der Waals surface area contributed by atoms with Gasteiger partial charge in [-0.1, -0.05) is 18.2 Å². The molecule has 2 aromatic heterocycles. The molecule has 0 saturated carbocycles. The zero-order valence-electron chi connectivity index (χ0n) is 14.6. The SMILES string of the molecule is Cc1cc2c(=O)n(CC(=O)NCCN3CCc4ccccc43)cnc2s1. The molecule has 0 unspecified atom stereocenters. The number of aryl methyl sites for hydroxylation is 1. The smallest absolute Gasteiger partial charge is 0.262 e. The number of rotatable bonds is 5. The molecule has 3 heterocycles. The number of hydrogen-bond donors (Lipinski definition) is 1. The third-order valence-corrected chi connectivity index (χ3v) is 5.60. The van der Waals surface area contributed by atoms with Gasteiger partial charge in [0.2, 0.25) is 5.91 Å². The Hall–Kier alpha value is -2.67. The Bertz CT molecular complexity index is 1020. The van der Waals surface area contributed by atoms with Gasteiger partial charge in [-0.15, -0.1) is 11.3 Å². The number of benzene rings is 1. The number of fused-ring (bicyclic) bond motifs is 2. The molecule has 1 aliphatic rings. The molecular weight excluding hydrogens is 348 g/mol. The first-order valence-electron chi connectivity index (χ1n) is 8.67. The largest absolute Gasteiger partial charge is 0.369 e. The van der Waals surface area contributed by atoms with Crippen LogP contribution in [0.1, 0.15) is 10.4 Å². The van der Waals surface area contributed by atoms with Crippen molar-refractivity contribution in [1.29, 1.82) is 0 Å². The predicted molar refractivity (Wildman–Crippen MR) is 104 cm³/mol. The molecule has 0 radical (unpaired) electrons. The highest BCUT2D eigenvalue weighted by Gasteiger charge is 2.18. The van der Waals surface area contributed by atoms with Crippen LogP contribution in [0, 0.1) is 6.92 Å². The maximum absolute atomic E-state index is 12.4. The first-order valence-corrected chi connectivity index (χ1v) is 9.48. The van der Waals surface area contributed by atoms with Crippen molar-refractivity contribution in [2.24, 2.45) is 0 Å². The summed E-state index contributed by atoms with van der Waals surface area (Å²) in [6.45, 7) is 4.23. The van der Waals surface area contributed by atoms with E-state index in [1.807, 2.05) is 19.1 Å². The molecule has 4 rings (SSSR count). The van der Waals surface area contributed by atoms with Gasteiger partial charge in [-0.2, -0.15) is 0 Å². The van der Waals surface area contributed by atoms with Crippen molar-refractivity contribution in [2.75, 3.05) is 24.5 Å². The highest BCUT2D eigenvalue weighted by atomic mass is 32.1. The highest BCUT2D eigenvalue weighted by Crippen LogP contribution is 2.26. The average Bonchev–Trinajstić information content (AvgIpc) is 3.21. The number of nitrogens with zero attached hydrogens (tertiary/aromatic N) is 3. The molecule has 0 fully saturated rings. The summed E-state index contributed by atoms with van der Waals surface area (Å²) in [6, 6.07) is 10.2. The van der Waals surface area contributed by atoms with Gasteiger partial charge >= 0.3 is 0 Å². The Morgan fingerprint density at radius 2 is 2.19 bits per heavy atom. The zero-order valence-corrected chi connectivity index (χ0v) is 15.4. The van der Waals surface area contributed by atoms with Crippen molar-refractivity contribution in [3.05, 3.63) is 57.5 Å². The van der Waals surface area contributed by atoms with E-state index in [-0.39, 0.29) is 18.0 Å². The number of hydrogen-bond acceptors (Lipinski definition) is 5. The molecule has 0 aliphatic carbocycles. The Balaban J connectivity index is 1.35. The minimum Gasteiger partial charge on any atom is -0.369 e. The summed E-state index contributed by atoms with van der Waals surface area (Å²) in [5.74, 6) is -0.173. The van der Waals surface area contributed by atoms with E-state index < -0.39 is 0 Å². The van der Waals surface area contributed by atoms with Crippen LogP contribution in [0.2, 0.25) is 0 Å². The fourth-order valence-corrected chi connectivity index (χ4v) is 4.21. The normalized spacial score (nSPS) is 13.2. The van der Waals surface area contributed by atoms with Gasteiger partial charge in [-0.05, 0) is 31.0 Å². The van der Waals surface area contributed by atoms with Gasteiger partial charge < -0.3 is 10.2 Å². The van der Waals surface area contributed by atoms with Crippen molar-refractivity contribution < 1.29 is 4.79 Å². The Morgan fingerprint density at radius 1 is 1.35 bits per heavy atom. The van der Waals surface area contributed by atoms with Crippen LogP contribution in [0.25, 0.3) is 10.2 Å². The van der Waals surface area contributed by atoms with E-state index in [0.29, 0.717) is 11.9 Å². The number of nitrogens with one attached hydrogen (secondary N) is 1. The quantitative estimate of drug-likeness (QED) is 0.747. The molecule has 1 aliphatic heterocycles. The van der Waals surface area contributed by atoms with Crippen LogP contribution in [0.3, 0.4) is 0 Å². The lowest BCUT2D eigenvalue weighted by molar-refractivity contribution is -0.121. The number of amides is 1. The second-order valence-electron chi connectivity index (χ2n) is 6.47. The van der Waals surface area contributed by atoms with Gasteiger partial charge in [0.1, 0.15) is 11.4 Å². The molecule has 1 amide bonds. The number of thiophene rings is 1. The molecule has 1 N–H and O–H groups in total. The Morgan fingerprint density at radius 3 is 3.08 bits per heavy atom. The first-order chi connectivity index (χ1) is 12.6. The third kappa shape index (κ3) is 3.22. The summed E-state index contributed by atoms with van der Waals surface area (Å²) in [5.41, 5.74) is 2.44. The zero-order chi connectivity index (χ0) is 18.1. The summed E-state index contributed by atoms with van der Waals surface area (Å²) in [7, 11) is 0. The van der Waals surface area contributed by atoms with Crippen LogP contribution < -0.4 is 15.8 Å². The van der Waals surface area contributed by atoms with Crippen LogP contribution >= 0.6 is 11.3 Å². The van der Waals surface area contributed by atoms with Crippen LogP contribution in [0.5, 0.6) is 0 Å². The summed E-state index contributed by atoms with van der Waals surface area (Å²) < 4.78 is 1.37. The standard InChI is InChI=1S/C19H20N4O2S/c1-13-10-15-18(26-13)21-12-23(19(15)25)11-17(24)20-7-9-22-8-6-14-4-2-3-5-16(14)22/h2-5,10,12H,6-9,11H2,1H3,(H,20,24). The highest BCUT2D eigenvalue weighted by molar-refractivity contribution is 7.18. The topological polar surface area (TPSA) is 67.2 Å². The molecule has 0 atom stereocenters. The van der Waals surface area contributed by atoms with Crippen molar-refractivity contribution >= 4 is 33.1 Å². The molecule has 0 bridgehead atoms. The van der Waals surface area contributed by atoms with Gasteiger partial charge in [0, 0.05) is 30.2 Å². The minimum atomic E-state index is -0.173. The lowest BCUT2D eigenvalue weighted by Crippen LogP contribution is -2.37. The fraction of sp³-hybridized carbons (Fsp3) is 0.316. The van der Waals surface area contributed by atoms with E-state index in [0.717, 1.165) is 29.2 Å². The minimum absolute atomic E-state index is 0.00669. The molecular formula is C19H20N4O2S. The lowest BCUT2D eigenvalue weighted by Gasteiger charge is -2.19. The first kappa shape index (κ1) is 16.8. The third-order valence-electron chi connectivity index (χ3n) is 4.64. The van der Waals surface area contributed by atoms with E-state index >= 15 is 0 Å². The Labute approximate surface area is 155 Å². The van der Waals surface area contributed by atoms with Crippen LogP contribution in [-0.2, 0) is 17.8 Å². The van der Waals surface area contributed by atoms with Gasteiger partial charge in [0.05, 0.1) is 11.7 Å². The molecule has 134 valence electrons. The van der Waals surface area contributed by atoms with Crippen molar-refractivity contribution in [1.82, 2.24) is 14.9 Å². The second kappa shape index (κ2) is 6.92. The number of carbonyl (C=O) groups is 1. The summed E-state index contributed by atoms with van der Waals surface area (Å²) in [4.78, 5) is 33.0. The second-order valence-corrected chi connectivity index (χ2v) is 7.70. The van der Waals surface area contributed by atoms with E-state index in [2.05, 4.69) is 33.4 Å². The van der Waals surface area contributed by atoms with Crippen LogP contribution in [-0.4, -0.2) is 35.1 Å². The van der Waals surface area contributed by atoms with Gasteiger partial charge in [-0.25, -0.2) is 4.98 Å². The molecule has 1 aromatic carbocycles. The summed E-state index contributed by atoms with van der Waals surface area (Å²) >= 11 is 1.49. The maximum atomic E-state index is 12.4. The molecule has 0 spiro atoms. The van der Waals surface area contributed by atoms with E-state index in [1.54, 1.807) is 0 Å². The van der Waals surface area contributed by atoms with Gasteiger partial charge in [0.15, 0.2) is 0 Å². The van der Waals surface area contributed by atoms with Crippen molar-refractivity contribution in [3.63, 3.8) is 0 Å². The van der Waals surface area contributed by atoms with E-state index in [4.69, 9.17) is 0 Å². The van der Waals surface area contributed by atoms with Gasteiger partial charge in [-0.3, -0.25) is 14.2 Å². The maximum Gasteiger partial charge on any atom is 0.262 e. The molecule has 26 heavy (non-hydrogen) atoms. The summed E-state index contributed by atoms with van der Waals surface area (Å²) in [6.07, 6.45) is 2.50. The number of carbonyl (C=O) groups excluding carboxylic acids is 1. The average molecular weight is 368 g/mol. The number of anilines is 1. The molecule has 7 heteroatoms. The van der Waals surface area contributed by atoms with Crippen LogP contribution in [0.4, 0.5) is 5.69 Å². The monoisotopic (exact) mass is 368 g/mol. The molecule has 0 saturated heterocycles. The van der Waals surface area contributed by atoms with Gasteiger partial charge in [0.25, 0.3) is 5.56 Å². The van der Waals surface area contributed by atoms with Crippen molar-refractivity contribution in [2.45, 2.75) is 19.9 Å². The number of aromatic nitrogens is 2. The molecule has 6 nitrogen and oxygen atoms in total. The number of para-hydroxylation sites is 1. The predicted octanol–water partition coefficient (Wildman–Crippen LogP) is 1.95. The Kier molecular flexibility index (Phi) is 4.46. The van der Waals surface area contributed by atoms with Crippen molar-refractivity contribution in [3.8, 4) is 0 Å². The summed E-state index contributed by atoms with van der Waals surface area (Å²) in [5, 5.41) is 3.48. The van der Waals surface area contributed by atoms with E-state index in [1.165, 1.54) is 33.5 Å². The lowest BCUT2D eigenvalue weighted by atomic mass is 10.2. The van der Waals surface area contributed by atoms with E-state index in [9.17, 15) is 9.59 Å². The van der Waals surface area contributed by atoms with Crippen LogP contribution in [0.15, 0.2) is 41.5 Å².